The van der Waals surface area contributed by atoms with E-state index in [1.54, 1.807) is 0 Å². The number of carboxylic acid groups (broad SMARTS) is 1. The van der Waals surface area contributed by atoms with Gasteiger partial charge in [0.15, 0.2) is 0 Å². The van der Waals surface area contributed by atoms with Crippen molar-refractivity contribution in [2.45, 2.75) is 55.9 Å². The highest BCUT2D eigenvalue weighted by Crippen LogP contribution is 2.33. The molecule has 0 bridgehead atoms. The Morgan fingerprint density at radius 3 is 2.21 bits per heavy atom. The van der Waals surface area contributed by atoms with Crippen LogP contribution >= 0.6 is 11.8 Å². The summed E-state index contributed by atoms with van der Waals surface area (Å²) in [5, 5.41) is 20.0. The van der Waals surface area contributed by atoms with E-state index in [-0.39, 0.29) is 24.0 Å². The third kappa shape index (κ3) is 12.3. The molecule has 0 aromatic rings. The number of urea groups is 1. The highest BCUT2D eigenvalue weighted by molar-refractivity contribution is 8.00. The van der Waals surface area contributed by atoms with Crippen LogP contribution in [0.3, 0.4) is 0 Å². The molecule has 0 spiro atoms. The van der Waals surface area contributed by atoms with Crippen LogP contribution in [-0.4, -0.2) is 99.0 Å². The molecule has 4 amide bonds. The second-order valence-corrected chi connectivity index (χ2v) is 9.27. The molecule has 190 valence electrons. The summed E-state index contributed by atoms with van der Waals surface area (Å²) in [4.78, 5) is 33.6. The maximum atomic E-state index is 11.9. The van der Waals surface area contributed by atoms with E-state index in [2.05, 4.69) is 21.3 Å². The summed E-state index contributed by atoms with van der Waals surface area (Å²) in [6.45, 7) is 3.95. The van der Waals surface area contributed by atoms with Crippen LogP contribution in [0.15, 0.2) is 0 Å². The third-order valence-corrected chi connectivity index (χ3v) is 6.86. The number of carbonyl (C=O) groups is 3. The van der Waals surface area contributed by atoms with E-state index in [4.69, 9.17) is 19.3 Å². The van der Waals surface area contributed by atoms with Crippen molar-refractivity contribution in [3.63, 3.8) is 0 Å². The number of carbonyl (C=O) groups excluding carboxylic acids is 2. The van der Waals surface area contributed by atoms with Crippen LogP contribution in [0.1, 0.15) is 38.5 Å². The standard InChI is InChI=1S/C21H38N4O7S/c26-18(6-2-1-5-17-19-16(15-33-17)24-20(27)25-19)22-7-3-9-30-11-13-32-14-12-31-10-4-8-23-21(28)29/h16-17,19,23H,1-15H2,(H,22,26)(H,28,29)(H2,24,25,27). The van der Waals surface area contributed by atoms with Gasteiger partial charge in [0.05, 0.1) is 38.5 Å². The van der Waals surface area contributed by atoms with Gasteiger partial charge in [0.1, 0.15) is 0 Å². The van der Waals surface area contributed by atoms with Crippen molar-refractivity contribution in [3.05, 3.63) is 0 Å². The Morgan fingerprint density at radius 1 is 0.909 bits per heavy atom. The van der Waals surface area contributed by atoms with E-state index in [0.29, 0.717) is 70.8 Å². The van der Waals surface area contributed by atoms with Crippen LogP contribution in [0.5, 0.6) is 0 Å². The Morgan fingerprint density at radius 2 is 1.55 bits per heavy atom. The number of hydrogen-bond donors (Lipinski definition) is 5. The van der Waals surface area contributed by atoms with Gasteiger partial charge in [0, 0.05) is 43.7 Å². The maximum absolute atomic E-state index is 11.9. The molecule has 5 N–H and O–H groups in total. The second kappa shape index (κ2) is 16.8. The van der Waals surface area contributed by atoms with E-state index >= 15 is 0 Å². The summed E-state index contributed by atoms with van der Waals surface area (Å²) in [6, 6.07) is 0.427. The molecule has 11 nitrogen and oxygen atoms in total. The highest BCUT2D eigenvalue weighted by atomic mass is 32.2. The van der Waals surface area contributed by atoms with Gasteiger partial charge in [0.25, 0.3) is 0 Å². The summed E-state index contributed by atoms with van der Waals surface area (Å²) in [5.74, 6) is 1.04. The van der Waals surface area contributed by atoms with Gasteiger partial charge in [-0.15, -0.1) is 0 Å². The second-order valence-electron chi connectivity index (χ2n) is 7.99. The Hall–Kier alpha value is -1.76. The average Bonchev–Trinajstić information content (AvgIpc) is 3.33. The summed E-state index contributed by atoms with van der Waals surface area (Å²) in [6.07, 6.45) is 3.76. The van der Waals surface area contributed by atoms with E-state index in [0.717, 1.165) is 31.4 Å². The molecule has 0 saturated carbocycles. The smallest absolute Gasteiger partial charge is 0.404 e. The molecular formula is C21H38N4O7S. The van der Waals surface area contributed by atoms with E-state index in [1.807, 2.05) is 11.8 Å². The topological polar surface area (TPSA) is 147 Å². The van der Waals surface area contributed by atoms with Crippen LogP contribution in [0.4, 0.5) is 9.59 Å². The predicted octanol–water partition coefficient (Wildman–Crippen LogP) is 0.926. The summed E-state index contributed by atoms with van der Waals surface area (Å²) >= 11 is 1.90. The highest BCUT2D eigenvalue weighted by Gasteiger charge is 2.42. The fourth-order valence-corrected chi connectivity index (χ4v) is 5.22. The molecule has 3 unspecified atom stereocenters. The number of amides is 4. The quantitative estimate of drug-likeness (QED) is 0.133. The monoisotopic (exact) mass is 490 g/mol. The number of thioether (sulfide) groups is 1. The van der Waals surface area contributed by atoms with Crippen LogP contribution in [-0.2, 0) is 19.0 Å². The van der Waals surface area contributed by atoms with Crippen molar-refractivity contribution in [1.82, 2.24) is 21.3 Å². The third-order valence-electron chi connectivity index (χ3n) is 5.35. The molecule has 2 saturated heterocycles. The Kier molecular flexibility index (Phi) is 14.0. The molecule has 0 aromatic heterocycles. The van der Waals surface area contributed by atoms with Crippen LogP contribution in [0, 0.1) is 0 Å². The van der Waals surface area contributed by atoms with Crippen molar-refractivity contribution in [2.24, 2.45) is 0 Å². The number of nitrogens with one attached hydrogen (secondary N) is 4. The molecule has 3 atom stereocenters. The Labute approximate surface area is 199 Å². The van der Waals surface area contributed by atoms with Gasteiger partial charge < -0.3 is 40.6 Å². The van der Waals surface area contributed by atoms with Gasteiger partial charge in [-0.1, -0.05) is 6.42 Å². The lowest BCUT2D eigenvalue weighted by Crippen LogP contribution is -2.36. The molecule has 33 heavy (non-hydrogen) atoms. The fraction of sp³-hybridized carbons (Fsp3) is 0.857. The number of fused-ring (bicyclic) bond motifs is 1. The van der Waals surface area contributed by atoms with Crippen LogP contribution in [0.25, 0.3) is 0 Å². The molecule has 2 fully saturated rings. The van der Waals surface area contributed by atoms with Crippen LogP contribution < -0.4 is 21.3 Å². The van der Waals surface area contributed by atoms with Gasteiger partial charge in [-0.05, 0) is 25.7 Å². The first-order chi connectivity index (χ1) is 16.1. The molecule has 0 aliphatic carbocycles. The molecule has 2 rings (SSSR count). The van der Waals surface area contributed by atoms with Crippen molar-refractivity contribution >= 4 is 29.8 Å². The molecule has 12 heteroatoms. The van der Waals surface area contributed by atoms with Crippen LogP contribution in [0.2, 0.25) is 0 Å². The summed E-state index contributed by atoms with van der Waals surface area (Å²) in [5.41, 5.74) is 0. The lowest BCUT2D eigenvalue weighted by Gasteiger charge is -2.16. The van der Waals surface area contributed by atoms with E-state index in [1.165, 1.54) is 0 Å². The Bertz CT molecular complexity index is 599. The SMILES string of the molecule is O=C(O)NCCCOCCOCCOCCCNC(=O)CCCCC1SCC2NC(=O)NC21. The van der Waals surface area contributed by atoms with Gasteiger partial charge >= 0.3 is 12.1 Å². The van der Waals surface area contributed by atoms with Gasteiger partial charge in [-0.2, -0.15) is 11.8 Å². The number of unbranched alkanes of at least 4 members (excludes halogenated alkanes) is 1. The maximum Gasteiger partial charge on any atom is 0.404 e. The zero-order valence-electron chi connectivity index (χ0n) is 19.1. The predicted molar refractivity (Wildman–Crippen MR) is 125 cm³/mol. The van der Waals surface area contributed by atoms with Crippen molar-refractivity contribution in [1.29, 1.82) is 0 Å². The molecule has 2 aliphatic heterocycles. The Balaban J connectivity index is 1.28. The van der Waals surface area contributed by atoms with Crippen molar-refractivity contribution in [2.75, 3.05) is 58.5 Å². The van der Waals surface area contributed by atoms with Gasteiger partial charge in [0.2, 0.25) is 5.91 Å². The van der Waals surface area contributed by atoms with E-state index < -0.39 is 6.09 Å². The molecular weight excluding hydrogens is 452 g/mol. The lowest BCUT2D eigenvalue weighted by molar-refractivity contribution is -0.121. The van der Waals surface area contributed by atoms with Gasteiger partial charge in [-0.3, -0.25) is 4.79 Å². The first-order valence-corrected chi connectivity index (χ1v) is 12.8. The summed E-state index contributed by atoms with van der Waals surface area (Å²) < 4.78 is 16.2. The van der Waals surface area contributed by atoms with Crippen molar-refractivity contribution in [3.8, 4) is 0 Å². The fourth-order valence-electron chi connectivity index (χ4n) is 3.68. The molecule has 2 heterocycles. The normalized spacial score (nSPS) is 21.3. The van der Waals surface area contributed by atoms with E-state index in [9.17, 15) is 14.4 Å². The molecule has 0 radical (unpaired) electrons. The largest absolute Gasteiger partial charge is 0.465 e. The minimum absolute atomic E-state index is 0.0581. The van der Waals surface area contributed by atoms with Gasteiger partial charge in [-0.25, -0.2) is 9.59 Å². The van der Waals surface area contributed by atoms with Crippen molar-refractivity contribution < 1.29 is 33.7 Å². The average molecular weight is 491 g/mol. The summed E-state index contributed by atoms with van der Waals surface area (Å²) in [7, 11) is 0. The zero-order chi connectivity index (χ0) is 23.7. The molecule has 2 aliphatic rings. The minimum Gasteiger partial charge on any atom is -0.465 e. The minimum atomic E-state index is -1.02. The lowest BCUT2D eigenvalue weighted by atomic mass is 10.0. The zero-order valence-corrected chi connectivity index (χ0v) is 20.0. The number of ether oxygens (including phenoxy) is 3. The number of hydrogen-bond acceptors (Lipinski definition) is 7. The molecule has 0 aromatic carbocycles. The number of rotatable bonds is 19. The first kappa shape index (κ1) is 27.5. The first-order valence-electron chi connectivity index (χ1n) is 11.7.